The van der Waals surface area contributed by atoms with Crippen molar-refractivity contribution in [2.24, 2.45) is 0 Å². The van der Waals surface area contributed by atoms with E-state index in [1.54, 1.807) is 6.07 Å². The lowest BCUT2D eigenvalue weighted by molar-refractivity contribution is -0.116. The number of carbonyl (C=O) groups excluding carboxylic acids is 1. The van der Waals surface area contributed by atoms with E-state index in [0.717, 1.165) is 0 Å². The molecule has 0 saturated heterocycles. The zero-order valence-electron chi connectivity index (χ0n) is 7.92. The SMILES string of the molecule is CCOCC(C=O)Oc1ccnnc1. The quantitative estimate of drug-likeness (QED) is 0.618. The number of ether oxygens (including phenoxy) is 2. The maximum atomic E-state index is 10.6. The molecule has 0 radical (unpaired) electrons. The molecule has 1 unspecified atom stereocenters. The van der Waals surface area contributed by atoms with Crippen LogP contribution in [0, 0.1) is 0 Å². The molecule has 5 heteroatoms. The highest BCUT2D eigenvalue weighted by atomic mass is 16.5. The van der Waals surface area contributed by atoms with Gasteiger partial charge in [0.25, 0.3) is 0 Å². The zero-order chi connectivity index (χ0) is 10.2. The molecular weight excluding hydrogens is 184 g/mol. The molecule has 1 aromatic rings. The minimum Gasteiger partial charge on any atom is -0.479 e. The summed E-state index contributed by atoms with van der Waals surface area (Å²) < 4.78 is 10.3. The van der Waals surface area contributed by atoms with Crippen molar-refractivity contribution in [3.05, 3.63) is 18.5 Å². The molecule has 0 amide bonds. The van der Waals surface area contributed by atoms with Crippen LogP contribution in [0.15, 0.2) is 18.5 Å². The van der Waals surface area contributed by atoms with Gasteiger partial charge in [-0.05, 0) is 6.92 Å². The van der Waals surface area contributed by atoms with Crippen molar-refractivity contribution < 1.29 is 14.3 Å². The van der Waals surface area contributed by atoms with E-state index in [-0.39, 0.29) is 6.61 Å². The first-order chi connectivity index (χ1) is 6.86. The van der Waals surface area contributed by atoms with Crippen molar-refractivity contribution in [3.8, 4) is 5.75 Å². The number of nitrogens with zero attached hydrogens (tertiary/aromatic N) is 2. The second-order valence-corrected chi connectivity index (χ2v) is 2.53. The van der Waals surface area contributed by atoms with Gasteiger partial charge in [-0.25, -0.2) is 0 Å². The Hall–Kier alpha value is -1.49. The van der Waals surface area contributed by atoms with E-state index in [1.807, 2.05) is 6.92 Å². The van der Waals surface area contributed by atoms with Crippen LogP contribution in [-0.4, -0.2) is 35.8 Å². The molecule has 0 saturated carbocycles. The Morgan fingerprint density at radius 2 is 2.43 bits per heavy atom. The first kappa shape index (κ1) is 10.6. The van der Waals surface area contributed by atoms with Gasteiger partial charge in [-0.2, -0.15) is 10.2 Å². The number of aromatic nitrogens is 2. The van der Waals surface area contributed by atoms with E-state index >= 15 is 0 Å². The fraction of sp³-hybridized carbons (Fsp3) is 0.444. The summed E-state index contributed by atoms with van der Waals surface area (Å²) in [5.74, 6) is 0.511. The topological polar surface area (TPSA) is 61.3 Å². The van der Waals surface area contributed by atoms with Gasteiger partial charge >= 0.3 is 0 Å². The molecule has 1 rings (SSSR count). The summed E-state index contributed by atoms with van der Waals surface area (Å²) >= 11 is 0. The second kappa shape index (κ2) is 6.04. The van der Waals surface area contributed by atoms with Crippen LogP contribution in [0.1, 0.15) is 6.92 Å². The minimum absolute atomic E-state index is 0.252. The van der Waals surface area contributed by atoms with Gasteiger partial charge < -0.3 is 9.47 Å². The van der Waals surface area contributed by atoms with Crippen LogP contribution in [0.5, 0.6) is 5.75 Å². The number of rotatable bonds is 6. The third kappa shape index (κ3) is 3.49. The normalized spacial score (nSPS) is 12.1. The monoisotopic (exact) mass is 196 g/mol. The molecule has 0 aliphatic carbocycles. The second-order valence-electron chi connectivity index (χ2n) is 2.53. The van der Waals surface area contributed by atoms with Crippen LogP contribution in [0.4, 0.5) is 0 Å². The predicted molar refractivity (Wildman–Crippen MR) is 49.0 cm³/mol. The van der Waals surface area contributed by atoms with Gasteiger partial charge in [-0.1, -0.05) is 0 Å². The van der Waals surface area contributed by atoms with E-state index in [0.29, 0.717) is 18.6 Å². The van der Waals surface area contributed by atoms with Crippen molar-refractivity contribution in [1.82, 2.24) is 10.2 Å². The molecule has 5 nitrogen and oxygen atoms in total. The number of aldehydes is 1. The Bertz CT molecular complexity index is 266. The smallest absolute Gasteiger partial charge is 0.177 e. The molecule has 1 aromatic heterocycles. The van der Waals surface area contributed by atoms with Gasteiger partial charge in [0.05, 0.1) is 19.0 Å². The molecule has 1 heterocycles. The maximum Gasteiger partial charge on any atom is 0.177 e. The molecule has 76 valence electrons. The van der Waals surface area contributed by atoms with Crippen LogP contribution < -0.4 is 4.74 Å². The van der Waals surface area contributed by atoms with E-state index in [1.165, 1.54) is 12.4 Å². The van der Waals surface area contributed by atoms with E-state index in [2.05, 4.69) is 10.2 Å². The van der Waals surface area contributed by atoms with Crippen molar-refractivity contribution >= 4 is 6.29 Å². The van der Waals surface area contributed by atoms with Crippen LogP contribution in [0.2, 0.25) is 0 Å². The fourth-order valence-electron chi connectivity index (χ4n) is 0.858. The number of hydrogen-bond donors (Lipinski definition) is 0. The minimum atomic E-state index is -0.584. The molecule has 0 aliphatic rings. The maximum absolute atomic E-state index is 10.6. The summed E-state index contributed by atoms with van der Waals surface area (Å²) in [5, 5.41) is 7.21. The third-order valence-electron chi connectivity index (χ3n) is 1.48. The van der Waals surface area contributed by atoms with Gasteiger partial charge in [0.2, 0.25) is 0 Å². The summed E-state index contributed by atoms with van der Waals surface area (Å²) in [6, 6.07) is 1.63. The van der Waals surface area contributed by atoms with Gasteiger partial charge in [0.15, 0.2) is 12.4 Å². The number of carbonyl (C=O) groups is 1. The van der Waals surface area contributed by atoms with Gasteiger partial charge in [-0.15, -0.1) is 0 Å². The fourth-order valence-corrected chi connectivity index (χ4v) is 0.858. The largest absolute Gasteiger partial charge is 0.479 e. The average molecular weight is 196 g/mol. The first-order valence-corrected chi connectivity index (χ1v) is 4.33. The summed E-state index contributed by atoms with van der Waals surface area (Å²) in [6.45, 7) is 2.67. The van der Waals surface area contributed by atoms with E-state index < -0.39 is 6.10 Å². The zero-order valence-corrected chi connectivity index (χ0v) is 7.92. The Labute approximate surface area is 82.1 Å². The Morgan fingerprint density at radius 1 is 1.57 bits per heavy atom. The van der Waals surface area contributed by atoms with Gasteiger partial charge in [0, 0.05) is 12.7 Å². The summed E-state index contributed by atoms with van der Waals surface area (Å²) in [5.41, 5.74) is 0. The van der Waals surface area contributed by atoms with E-state index in [9.17, 15) is 4.79 Å². The molecule has 0 bridgehead atoms. The summed E-state index contributed by atoms with van der Waals surface area (Å²) in [6.07, 6.45) is 3.07. The first-order valence-electron chi connectivity index (χ1n) is 4.33. The lowest BCUT2D eigenvalue weighted by Gasteiger charge is -2.12. The summed E-state index contributed by atoms with van der Waals surface area (Å²) in [4.78, 5) is 10.6. The molecule has 1 atom stereocenters. The van der Waals surface area contributed by atoms with Gasteiger partial charge in [0.1, 0.15) is 5.75 Å². The molecule has 0 aromatic carbocycles. The molecule has 0 N–H and O–H groups in total. The lowest BCUT2D eigenvalue weighted by Crippen LogP contribution is -2.24. The number of hydrogen-bond acceptors (Lipinski definition) is 5. The van der Waals surface area contributed by atoms with Crippen LogP contribution in [0.3, 0.4) is 0 Å². The standard InChI is InChI=1S/C9H12N2O3/c1-2-13-7-9(6-12)14-8-3-4-10-11-5-8/h3-6,9H,2,7H2,1H3. The highest BCUT2D eigenvalue weighted by Crippen LogP contribution is 2.07. The Kier molecular flexibility index (Phi) is 4.57. The molecule has 0 spiro atoms. The van der Waals surface area contributed by atoms with Crippen molar-refractivity contribution in [2.75, 3.05) is 13.2 Å². The highest BCUT2D eigenvalue weighted by Gasteiger charge is 2.08. The van der Waals surface area contributed by atoms with Crippen molar-refractivity contribution in [1.29, 1.82) is 0 Å². The third-order valence-corrected chi connectivity index (χ3v) is 1.48. The predicted octanol–water partition coefficient (Wildman–Crippen LogP) is 0.459. The van der Waals surface area contributed by atoms with Crippen molar-refractivity contribution in [3.63, 3.8) is 0 Å². The molecule has 0 aliphatic heterocycles. The molecule has 0 fully saturated rings. The Balaban J connectivity index is 2.44. The van der Waals surface area contributed by atoms with Crippen molar-refractivity contribution in [2.45, 2.75) is 13.0 Å². The lowest BCUT2D eigenvalue weighted by atomic mass is 10.4. The van der Waals surface area contributed by atoms with Crippen LogP contribution in [-0.2, 0) is 9.53 Å². The highest BCUT2D eigenvalue weighted by molar-refractivity contribution is 5.56. The molecule has 14 heavy (non-hydrogen) atoms. The van der Waals surface area contributed by atoms with Gasteiger partial charge in [-0.3, -0.25) is 4.79 Å². The Morgan fingerprint density at radius 3 is 3.00 bits per heavy atom. The average Bonchev–Trinajstić information content (AvgIpc) is 2.25. The molecular formula is C9H12N2O3. The van der Waals surface area contributed by atoms with Crippen LogP contribution >= 0.6 is 0 Å². The van der Waals surface area contributed by atoms with E-state index in [4.69, 9.17) is 9.47 Å². The summed E-state index contributed by atoms with van der Waals surface area (Å²) in [7, 11) is 0. The van der Waals surface area contributed by atoms with Crippen LogP contribution in [0.25, 0.3) is 0 Å².